The van der Waals surface area contributed by atoms with Gasteiger partial charge in [0.15, 0.2) is 5.82 Å². The fraction of sp³-hybridized carbons (Fsp3) is 0.429. The Bertz CT molecular complexity index is 689. The zero-order valence-corrected chi connectivity index (χ0v) is 13.2. The summed E-state index contributed by atoms with van der Waals surface area (Å²) < 4.78 is 1.92. The fourth-order valence-corrected chi connectivity index (χ4v) is 2.47. The van der Waals surface area contributed by atoms with Crippen molar-refractivity contribution in [1.82, 2.24) is 14.8 Å². The molecule has 1 aromatic carbocycles. The van der Waals surface area contributed by atoms with Crippen LogP contribution in [0.4, 0.5) is 5.69 Å². The van der Waals surface area contributed by atoms with Gasteiger partial charge in [-0.05, 0) is 39.3 Å². The molecule has 0 radical (unpaired) electrons. The molecule has 0 N–H and O–H groups in total. The number of nitro benzene ring substituents is 1. The lowest BCUT2D eigenvalue weighted by Gasteiger charge is -2.24. The highest BCUT2D eigenvalue weighted by molar-refractivity contribution is 6.16. The van der Waals surface area contributed by atoms with Crippen LogP contribution in [-0.4, -0.2) is 19.7 Å². The van der Waals surface area contributed by atoms with Crippen LogP contribution in [0.5, 0.6) is 0 Å². The molecule has 6 nitrogen and oxygen atoms in total. The predicted octanol–water partition coefficient (Wildman–Crippen LogP) is 3.66. The molecule has 7 heteroatoms. The van der Waals surface area contributed by atoms with Gasteiger partial charge in [0, 0.05) is 23.2 Å². The number of halogens is 1. The maximum Gasteiger partial charge on any atom is 0.270 e. The Balaban J connectivity index is 2.68. The van der Waals surface area contributed by atoms with Crippen molar-refractivity contribution < 1.29 is 4.92 Å². The topological polar surface area (TPSA) is 73.8 Å². The molecule has 0 amide bonds. The lowest BCUT2D eigenvalue weighted by Crippen LogP contribution is -2.24. The zero-order valence-electron chi connectivity index (χ0n) is 12.4. The van der Waals surface area contributed by atoms with E-state index in [-0.39, 0.29) is 17.1 Å². The van der Waals surface area contributed by atoms with E-state index in [1.165, 1.54) is 12.1 Å². The largest absolute Gasteiger partial charge is 0.305 e. The Morgan fingerprint density at radius 1 is 1.29 bits per heavy atom. The van der Waals surface area contributed by atoms with Gasteiger partial charge in [0.05, 0.1) is 10.8 Å². The van der Waals surface area contributed by atoms with Crippen molar-refractivity contribution in [3.05, 3.63) is 39.7 Å². The van der Waals surface area contributed by atoms with Crippen LogP contribution in [0.25, 0.3) is 11.4 Å². The summed E-state index contributed by atoms with van der Waals surface area (Å²) in [6.45, 7) is 7.86. The van der Waals surface area contributed by atoms with Gasteiger partial charge in [0.1, 0.15) is 5.82 Å². The Morgan fingerprint density at radius 2 is 1.95 bits per heavy atom. The third-order valence-electron chi connectivity index (χ3n) is 3.05. The number of non-ortho nitro benzene ring substituents is 1. The molecule has 0 aliphatic rings. The van der Waals surface area contributed by atoms with E-state index in [1.807, 2.05) is 38.3 Å². The van der Waals surface area contributed by atoms with E-state index in [2.05, 4.69) is 10.2 Å². The summed E-state index contributed by atoms with van der Waals surface area (Å²) in [5.74, 6) is 1.46. The number of aryl methyl sites for hydroxylation is 1. The number of nitro groups is 1. The Labute approximate surface area is 127 Å². The SMILES string of the molecule is Cc1cc(-c2nnc(CCl)n2C(C)(C)C)cc([N+](=O)[O-])c1. The summed E-state index contributed by atoms with van der Waals surface area (Å²) in [6.07, 6.45) is 0. The van der Waals surface area contributed by atoms with Gasteiger partial charge in [-0.2, -0.15) is 0 Å². The molecule has 0 bridgehead atoms. The van der Waals surface area contributed by atoms with E-state index in [4.69, 9.17) is 11.6 Å². The van der Waals surface area contributed by atoms with Crippen molar-refractivity contribution in [1.29, 1.82) is 0 Å². The summed E-state index contributed by atoms with van der Waals surface area (Å²) >= 11 is 5.92. The molecule has 1 heterocycles. The number of hydrogen-bond donors (Lipinski definition) is 0. The Hall–Kier alpha value is -1.95. The average molecular weight is 309 g/mol. The number of alkyl halides is 1. The lowest BCUT2D eigenvalue weighted by atomic mass is 10.1. The van der Waals surface area contributed by atoms with Crippen molar-refractivity contribution in [3.8, 4) is 11.4 Å². The third-order valence-corrected chi connectivity index (χ3v) is 3.29. The van der Waals surface area contributed by atoms with E-state index >= 15 is 0 Å². The smallest absolute Gasteiger partial charge is 0.270 e. The highest BCUT2D eigenvalue weighted by Gasteiger charge is 2.24. The molecule has 0 saturated carbocycles. The highest BCUT2D eigenvalue weighted by Crippen LogP contribution is 2.29. The molecule has 0 atom stereocenters. The summed E-state index contributed by atoms with van der Waals surface area (Å²) in [5, 5.41) is 19.3. The summed E-state index contributed by atoms with van der Waals surface area (Å²) in [6, 6.07) is 4.90. The third kappa shape index (κ3) is 3.05. The van der Waals surface area contributed by atoms with Crippen LogP contribution in [0.3, 0.4) is 0 Å². The molecule has 21 heavy (non-hydrogen) atoms. The van der Waals surface area contributed by atoms with Crippen LogP contribution in [0, 0.1) is 17.0 Å². The summed E-state index contributed by atoms with van der Waals surface area (Å²) in [7, 11) is 0. The van der Waals surface area contributed by atoms with Crippen molar-refractivity contribution in [2.45, 2.75) is 39.1 Å². The van der Waals surface area contributed by atoms with Gasteiger partial charge in [-0.3, -0.25) is 10.1 Å². The van der Waals surface area contributed by atoms with Gasteiger partial charge in [0.2, 0.25) is 0 Å². The minimum atomic E-state index is -0.406. The first-order valence-corrected chi connectivity index (χ1v) is 7.04. The highest BCUT2D eigenvalue weighted by atomic mass is 35.5. The lowest BCUT2D eigenvalue weighted by molar-refractivity contribution is -0.384. The summed E-state index contributed by atoms with van der Waals surface area (Å²) in [4.78, 5) is 10.6. The molecule has 0 aliphatic carbocycles. The summed E-state index contributed by atoms with van der Waals surface area (Å²) in [5.41, 5.74) is 1.23. The first kappa shape index (κ1) is 15.4. The van der Waals surface area contributed by atoms with Crippen LogP contribution < -0.4 is 0 Å². The van der Waals surface area contributed by atoms with Gasteiger partial charge in [0.25, 0.3) is 5.69 Å². The van der Waals surface area contributed by atoms with E-state index in [1.54, 1.807) is 0 Å². The second kappa shape index (κ2) is 5.44. The molecular weight excluding hydrogens is 292 g/mol. The van der Waals surface area contributed by atoms with Gasteiger partial charge in [-0.1, -0.05) is 0 Å². The van der Waals surface area contributed by atoms with E-state index in [0.717, 1.165) is 5.56 Å². The van der Waals surface area contributed by atoms with E-state index in [0.29, 0.717) is 17.2 Å². The average Bonchev–Trinajstić information content (AvgIpc) is 2.81. The van der Waals surface area contributed by atoms with Crippen LogP contribution in [-0.2, 0) is 11.4 Å². The molecule has 0 saturated heterocycles. The Morgan fingerprint density at radius 3 is 2.48 bits per heavy atom. The van der Waals surface area contributed by atoms with Crippen LogP contribution >= 0.6 is 11.6 Å². The second-order valence-electron chi connectivity index (χ2n) is 5.89. The van der Waals surface area contributed by atoms with Crippen LogP contribution in [0.15, 0.2) is 18.2 Å². The molecule has 1 aromatic heterocycles. The minimum Gasteiger partial charge on any atom is -0.305 e. The molecule has 112 valence electrons. The Kier molecular flexibility index (Phi) is 4.00. The molecule has 0 aliphatic heterocycles. The van der Waals surface area contributed by atoms with E-state index < -0.39 is 4.92 Å². The predicted molar refractivity (Wildman–Crippen MR) is 81.4 cm³/mol. The van der Waals surface area contributed by atoms with Crippen molar-refractivity contribution in [2.75, 3.05) is 0 Å². The van der Waals surface area contributed by atoms with Crippen LogP contribution in [0.2, 0.25) is 0 Å². The minimum absolute atomic E-state index is 0.0425. The molecular formula is C14H17ClN4O2. The first-order chi connectivity index (χ1) is 9.74. The molecule has 0 fully saturated rings. The standard InChI is InChI=1S/C14H17ClN4O2/c1-9-5-10(7-11(6-9)19(20)21)13-17-16-12(8-15)18(13)14(2,3)4/h5-7H,8H2,1-4H3. The van der Waals surface area contributed by atoms with Gasteiger partial charge in [-0.25, -0.2) is 0 Å². The molecule has 0 unspecified atom stereocenters. The number of aromatic nitrogens is 3. The first-order valence-electron chi connectivity index (χ1n) is 6.51. The number of benzene rings is 1. The van der Waals surface area contributed by atoms with Gasteiger partial charge >= 0.3 is 0 Å². The fourth-order valence-electron chi connectivity index (χ4n) is 2.29. The molecule has 2 aromatic rings. The monoisotopic (exact) mass is 308 g/mol. The van der Waals surface area contributed by atoms with Crippen LogP contribution in [0.1, 0.15) is 32.2 Å². The maximum atomic E-state index is 11.0. The number of hydrogen-bond acceptors (Lipinski definition) is 4. The molecule has 2 rings (SSSR count). The number of nitrogens with zero attached hydrogens (tertiary/aromatic N) is 4. The maximum absolute atomic E-state index is 11.0. The second-order valence-corrected chi connectivity index (χ2v) is 6.16. The van der Waals surface area contributed by atoms with Crippen molar-refractivity contribution >= 4 is 17.3 Å². The van der Waals surface area contributed by atoms with Gasteiger partial charge in [-0.15, -0.1) is 21.8 Å². The van der Waals surface area contributed by atoms with Gasteiger partial charge < -0.3 is 4.57 Å². The zero-order chi connectivity index (χ0) is 15.8. The number of rotatable bonds is 3. The van der Waals surface area contributed by atoms with E-state index in [9.17, 15) is 10.1 Å². The van der Waals surface area contributed by atoms with Crippen molar-refractivity contribution in [3.63, 3.8) is 0 Å². The van der Waals surface area contributed by atoms with Crippen molar-refractivity contribution in [2.24, 2.45) is 0 Å². The molecule has 0 spiro atoms. The normalized spacial score (nSPS) is 11.7. The quantitative estimate of drug-likeness (QED) is 0.493.